The second-order valence-corrected chi connectivity index (χ2v) is 6.68. The molecule has 0 aliphatic carbocycles. The van der Waals surface area contributed by atoms with Gasteiger partial charge in [-0.15, -0.1) is 0 Å². The third-order valence-electron chi connectivity index (χ3n) is 4.51. The SMILES string of the molecule is CCOc1ccc(C(=O)Oc2ccc(/C=N/NC(=O)c3ccc4c(c3)OCO4)cc2)cc1. The summed E-state index contributed by atoms with van der Waals surface area (Å²) < 4.78 is 21.2. The van der Waals surface area contributed by atoms with E-state index in [-0.39, 0.29) is 12.7 Å². The summed E-state index contributed by atoms with van der Waals surface area (Å²) in [6.07, 6.45) is 1.49. The third-order valence-corrected chi connectivity index (χ3v) is 4.51. The Morgan fingerprint density at radius 1 is 0.938 bits per heavy atom. The Hall–Kier alpha value is -4.33. The average Bonchev–Trinajstić information content (AvgIpc) is 3.29. The molecular formula is C24H20N2O6. The molecule has 0 atom stereocenters. The number of benzene rings is 3. The number of hydrogen-bond donors (Lipinski definition) is 1. The lowest BCUT2D eigenvalue weighted by atomic mass is 10.2. The van der Waals surface area contributed by atoms with Gasteiger partial charge < -0.3 is 18.9 Å². The van der Waals surface area contributed by atoms with Crippen molar-refractivity contribution in [1.82, 2.24) is 5.43 Å². The van der Waals surface area contributed by atoms with Crippen molar-refractivity contribution in [3.63, 3.8) is 0 Å². The van der Waals surface area contributed by atoms with Crippen LogP contribution in [0.25, 0.3) is 0 Å². The number of amides is 1. The number of fused-ring (bicyclic) bond motifs is 1. The molecule has 1 heterocycles. The maximum absolute atomic E-state index is 12.3. The quantitative estimate of drug-likeness (QED) is 0.264. The van der Waals surface area contributed by atoms with Gasteiger partial charge in [-0.25, -0.2) is 10.2 Å². The lowest BCUT2D eigenvalue weighted by Gasteiger charge is -2.06. The average molecular weight is 432 g/mol. The molecule has 1 amide bonds. The van der Waals surface area contributed by atoms with E-state index in [1.807, 2.05) is 6.92 Å². The zero-order valence-corrected chi connectivity index (χ0v) is 17.2. The predicted octanol–water partition coefficient (Wildman–Crippen LogP) is 3.80. The van der Waals surface area contributed by atoms with Crippen LogP contribution in [0.4, 0.5) is 0 Å². The number of esters is 1. The smallest absolute Gasteiger partial charge is 0.343 e. The number of rotatable bonds is 7. The van der Waals surface area contributed by atoms with Gasteiger partial charge in [-0.05, 0) is 79.2 Å². The molecular weight excluding hydrogens is 412 g/mol. The largest absolute Gasteiger partial charge is 0.494 e. The first kappa shape index (κ1) is 20.9. The van der Waals surface area contributed by atoms with Crippen molar-refractivity contribution >= 4 is 18.1 Å². The summed E-state index contributed by atoms with van der Waals surface area (Å²) in [6.45, 7) is 2.59. The van der Waals surface area contributed by atoms with Crippen LogP contribution in [0.15, 0.2) is 71.8 Å². The van der Waals surface area contributed by atoms with Gasteiger partial charge in [0, 0.05) is 5.56 Å². The predicted molar refractivity (Wildman–Crippen MR) is 117 cm³/mol. The van der Waals surface area contributed by atoms with E-state index in [9.17, 15) is 9.59 Å². The lowest BCUT2D eigenvalue weighted by molar-refractivity contribution is 0.0734. The van der Waals surface area contributed by atoms with Gasteiger partial charge >= 0.3 is 5.97 Å². The fourth-order valence-corrected chi connectivity index (χ4v) is 2.91. The second-order valence-electron chi connectivity index (χ2n) is 6.68. The van der Waals surface area contributed by atoms with Crippen molar-refractivity contribution in [3.8, 4) is 23.0 Å². The van der Waals surface area contributed by atoms with Crippen LogP contribution in [-0.4, -0.2) is 31.5 Å². The van der Waals surface area contributed by atoms with E-state index in [1.165, 1.54) is 6.21 Å². The number of nitrogens with one attached hydrogen (secondary N) is 1. The van der Waals surface area contributed by atoms with Gasteiger partial charge in [0.1, 0.15) is 11.5 Å². The molecule has 8 nitrogen and oxygen atoms in total. The molecule has 0 saturated carbocycles. The molecule has 4 rings (SSSR count). The highest BCUT2D eigenvalue weighted by Crippen LogP contribution is 2.32. The summed E-state index contributed by atoms with van der Waals surface area (Å²) in [6, 6.07) is 18.4. The van der Waals surface area contributed by atoms with E-state index in [0.29, 0.717) is 40.7 Å². The Morgan fingerprint density at radius 3 is 2.38 bits per heavy atom. The molecule has 3 aromatic rings. The Bertz CT molecular complexity index is 1140. The Morgan fingerprint density at radius 2 is 1.62 bits per heavy atom. The van der Waals surface area contributed by atoms with Crippen LogP contribution in [0.3, 0.4) is 0 Å². The molecule has 1 aliphatic rings. The van der Waals surface area contributed by atoms with Crippen LogP contribution < -0.4 is 24.4 Å². The summed E-state index contributed by atoms with van der Waals surface area (Å²) in [5.74, 6) is 1.38. The van der Waals surface area contributed by atoms with Gasteiger partial charge in [0.2, 0.25) is 6.79 Å². The van der Waals surface area contributed by atoms with Gasteiger partial charge in [0.05, 0.1) is 18.4 Å². The number of carbonyl (C=O) groups is 2. The van der Waals surface area contributed by atoms with Crippen molar-refractivity contribution < 1.29 is 28.5 Å². The molecule has 32 heavy (non-hydrogen) atoms. The molecule has 0 saturated heterocycles. The number of carbonyl (C=O) groups excluding carboxylic acids is 2. The number of ether oxygens (including phenoxy) is 4. The minimum Gasteiger partial charge on any atom is -0.494 e. The van der Waals surface area contributed by atoms with Crippen LogP contribution in [0.5, 0.6) is 23.0 Å². The van der Waals surface area contributed by atoms with Gasteiger partial charge in [-0.1, -0.05) is 0 Å². The Labute approximate surface area is 184 Å². The van der Waals surface area contributed by atoms with E-state index in [0.717, 1.165) is 5.56 Å². The van der Waals surface area contributed by atoms with Gasteiger partial charge in [0.25, 0.3) is 5.91 Å². The van der Waals surface area contributed by atoms with Gasteiger partial charge in [-0.3, -0.25) is 4.79 Å². The molecule has 0 aromatic heterocycles. The zero-order valence-electron chi connectivity index (χ0n) is 17.2. The van der Waals surface area contributed by atoms with E-state index in [2.05, 4.69) is 10.5 Å². The third kappa shape index (κ3) is 5.04. The maximum Gasteiger partial charge on any atom is 0.343 e. The van der Waals surface area contributed by atoms with Crippen LogP contribution in [-0.2, 0) is 0 Å². The van der Waals surface area contributed by atoms with Gasteiger partial charge in [0.15, 0.2) is 11.5 Å². The summed E-state index contributed by atoms with van der Waals surface area (Å²) in [7, 11) is 0. The first-order chi connectivity index (χ1) is 15.6. The van der Waals surface area contributed by atoms with Crippen LogP contribution in [0.2, 0.25) is 0 Å². The highest BCUT2D eigenvalue weighted by Gasteiger charge is 2.16. The summed E-state index contributed by atoms with van der Waals surface area (Å²) in [5, 5.41) is 3.96. The molecule has 0 unspecified atom stereocenters. The van der Waals surface area contributed by atoms with Crippen molar-refractivity contribution in [2.45, 2.75) is 6.92 Å². The molecule has 162 valence electrons. The standard InChI is InChI=1S/C24H20N2O6/c1-2-29-19-10-5-17(6-11-19)24(28)32-20-8-3-16(4-9-20)14-25-26-23(27)18-7-12-21-22(13-18)31-15-30-21/h3-14H,2,15H2,1H3,(H,26,27)/b25-14+. The molecule has 1 aliphatic heterocycles. The molecule has 0 bridgehead atoms. The Balaban J connectivity index is 1.30. The second kappa shape index (κ2) is 9.65. The zero-order chi connectivity index (χ0) is 22.3. The van der Waals surface area contributed by atoms with Crippen molar-refractivity contribution in [3.05, 3.63) is 83.4 Å². The van der Waals surface area contributed by atoms with E-state index >= 15 is 0 Å². The number of nitrogens with zero attached hydrogens (tertiary/aromatic N) is 1. The van der Waals surface area contributed by atoms with Crippen LogP contribution >= 0.6 is 0 Å². The van der Waals surface area contributed by atoms with E-state index in [1.54, 1.807) is 66.7 Å². The first-order valence-electron chi connectivity index (χ1n) is 9.90. The molecule has 1 N–H and O–H groups in total. The van der Waals surface area contributed by atoms with Crippen molar-refractivity contribution in [1.29, 1.82) is 0 Å². The molecule has 0 fully saturated rings. The van der Waals surface area contributed by atoms with E-state index in [4.69, 9.17) is 18.9 Å². The molecule has 3 aromatic carbocycles. The maximum atomic E-state index is 12.3. The summed E-state index contributed by atoms with van der Waals surface area (Å²) in [4.78, 5) is 24.5. The number of hydrazone groups is 1. The van der Waals surface area contributed by atoms with E-state index < -0.39 is 5.97 Å². The van der Waals surface area contributed by atoms with Gasteiger partial charge in [-0.2, -0.15) is 5.10 Å². The van der Waals surface area contributed by atoms with Crippen molar-refractivity contribution in [2.24, 2.45) is 5.10 Å². The normalized spacial score (nSPS) is 11.9. The monoisotopic (exact) mass is 432 g/mol. The van der Waals surface area contributed by atoms with Crippen LogP contribution in [0.1, 0.15) is 33.2 Å². The minimum atomic E-state index is -0.467. The topological polar surface area (TPSA) is 95.5 Å². The fraction of sp³-hybridized carbons (Fsp3) is 0.125. The fourth-order valence-electron chi connectivity index (χ4n) is 2.91. The highest BCUT2D eigenvalue weighted by atomic mass is 16.7. The first-order valence-corrected chi connectivity index (χ1v) is 9.90. The Kier molecular flexibility index (Phi) is 6.31. The summed E-state index contributed by atoms with van der Waals surface area (Å²) >= 11 is 0. The molecule has 0 spiro atoms. The summed E-state index contributed by atoms with van der Waals surface area (Å²) in [5.41, 5.74) is 4.01. The lowest BCUT2D eigenvalue weighted by Crippen LogP contribution is -2.17. The number of hydrogen-bond acceptors (Lipinski definition) is 7. The minimum absolute atomic E-state index is 0.143. The highest BCUT2D eigenvalue weighted by molar-refractivity contribution is 5.95. The molecule has 0 radical (unpaired) electrons. The van der Waals surface area contributed by atoms with Crippen molar-refractivity contribution in [2.75, 3.05) is 13.4 Å². The molecule has 8 heteroatoms. The van der Waals surface area contributed by atoms with Crippen LogP contribution in [0, 0.1) is 0 Å².